The van der Waals surface area contributed by atoms with Gasteiger partial charge in [0, 0.05) is 28.6 Å². The summed E-state index contributed by atoms with van der Waals surface area (Å²) in [6.07, 6.45) is 2.59. The van der Waals surface area contributed by atoms with Crippen LogP contribution in [0.5, 0.6) is 0 Å². The van der Waals surface area contributed by atoms with Gasteiger partial charge in [0.1, 0.15) is 0 Å². The largest absolute Gasteiger partial charge is 0.379 e. The molecular weight excluding hydrogens is 320 g/mol. The molecular formula is C23H22N2O. The van der Waals surface area contributed by atoms with Crippen molar-refractivity contribution in [3.63, 3.8) is 0 Å². The van der Waals surface area contributed by atoms with Gasteiger partial charge in [-0.15, -0.1) is 0 Å². The van der Waals surface area contributed by atoms with Crippen LogP contribution in [-0.4, -0.2) is 11.4 Å². The van der Waals surface area contributed by atoms with E-state index in [9.17, 15) is 4.79 Å². The Kier molecular flexibility index (Phi) is 4.00. The third kappa shape index (κ3) is 3.21. The zero-order chi connectivity index (χ0) is 18.1. The second kappa shape index (κ2) is 6.34. The fourth-order valence-corrected chi connectivity index (χ4v) is 3.64. The zero-order valence-electron chi connectivity index (χ0n) is 15.0. The van der Waals surface area contributed by atoms with E-state index in [1.165, 1.54) is 16.3 Å². The fourth-order valence-electron chi connectivity index (χ4n) is 3.64. The number of fused-ring (bicyclic) bond motifs is 3. The molecule has 0 atom stereocenters. The summed E-state index contributed by atoms with van der Waals surface area (Å²) in [6.45, 7) is 4.33. The van der Waals surface area contributed by atoms with Gasteiger partial charge < -0.3 is 10.6 Å². The molecule has 1 heterocycles. The molecule has 0 saturated carbocycles. The number of rotatable bonds is 2. The van der Waals surface area contributed by atoms with E-state index in [4.69, 9.17) is 0 Å². The summed E-state index contributed by atoms with van der Waals surface area (Å²) in [7, 11) is 0. The van der Waals surface area contributed by atoms with Gasteiger partial charge in [0.2, 0.25) is 5.91 Å². The minimum Gasteiger partial charge on any atom is -0.379 e. The lowest BCUT2D eigenvalue weighted by atomic mass is 9.83. The van der Waals surface area contributed by atoms with Crippen LogP contribution in [0.25, 0.3) is 16.5 Å². The maximum Gasteiger partial charge on any atom is 0.250 e. The van der Waals surface area contributed by atoms with Gasteiger partial charge in [-0.2, -0.15) is 0 Å². The Morgan fingerprint density at radius 1 is 1.00 bits per heavy atom. The molecule has 4 rings (SSSR count). The predicted molar refractivity (Wildman–Crippen MR) is 108 cm³/mol. The number of carbonyl (C=O) groups is 1. The quantitative estimate of drug-likeness (QED) is 0.660. The summed E-state index contributed by atoms with van der Waals surface area (Å²) in [5, 5.41) is 8.95. The van der Waals surface area contributed by atoms with Gasteiger partial charge in [0.05, 0.1) is 0 Å². The van der Waals surface area contributed by atoms with E-state index >= 15 is 0 Å². The summed E-state index contributed by atoms with van der Waals surface area (Å²) in [5.41, 5.74) is 3.95. The molecule has 1 aliphatic rings. The number of para-hydroxylation sites is 1. The van der Waals surface area contributed by atoms with Gasteiger partial charge in [-0.1, -0.05) is 54.6 Å². The molecule has 0 unspecified atom stereocenters. The van der Waals surface area contributed by atoms with Crippen molar-refractivity contribution in [2.75, 3.05) is 5.32 Å². The molecule has 0 saturated heterocycles. The molecule has 130 valence electrons. The van der Waals surface area contributed by atoms with Crippen LogP contribution < -0.4 is 10.6 Å². The highest BCUT2D eigenvalue weighted by Gasteiger charge is 2.29. The SMILES string of the molecule is CC1(C)Cc2c(ccc3ccccc23)/C(=C\C(=O)Nc2ccccc2)N1. The summed E-state index contributed by atoms with van der Waals surface area (Å²) in [5.74, 6) is -0.129. The van der Waals surface area contributed by atoms with E-state index in [2.05, 4.69) is 60.9 Å². The Bertz CT molecular complexity index is 1000. The van der Waals surface area contributed by atoms with Gasteiger partial charge in [-0.05, 0) is 48.7 Å². The predicted octanol–water partition coefficient (Wildman–Crippen LogP) is 4.74. The van der Waals surface area contributed by atoms with Crippen molar-refractivity contribution in [2.45, 2.75) is 25.8 Å². The third-order valence-electron chi connectivity index (χ3n) is 4.74. The normalized spacial score (nSPS) is 16.8. The van der Waals surface area contributed by atoms with Gasteiger partial charge in [0.25, 0.3) is 0 Å². The Hall–Kier alpha value is -3.07. The molecule has 3 nitrogen and oxygen atoms in total. The molecule has 3 aromatic carbocycles. The van der Waals surface area contributed by atoms with E-state index < -0.39 is 0 Å². The second-order valence-electron chi connectivity index (χ2n) is 7.41. The smallest absolute Gasteiger partial charge is 0.250 e. The molecule has 0 aliphatic carbocycles. The van der Waals surface area contributed by atoms with Crippen LogP contribution in [0.3, 0.4) is 0 Å². The van der Waals surface area contributed by atoms with Crippen molar-refractivity contribution in [2.24, 2.45) is 0 Å². The Morgan fingerprint density at radius 2 is 1.73 bits per heavy atom. The van der Waals surface area contributed by atoms with Crippen LogP contribution >= 0.6 is 0 Å². The minimum atomic E-state index is -0.129. The Balaban J connectivity index is 1.75. The molecule has 0 aromatic heterocycles. The van der Waals surface area contributed by atoms with Crippen molar-refractivity contribution >= 4 is 28.1 Å². The molecule has 0 bridgehead atoms. The standard InChI is InChI=1S/C23H22N2O/c1-23(2)15-20-18-11-7-6-8-16(18)12-13-19(20)21(25-23)14-22(26)24-17-9-4-3-5-10-17/h3-14,25H,15H2,1-2H3,(H,24,26)/b21-14+. The third-order valence-corrected chi connectivity index (χ3v) is 4.74. The number of hydrogen-bond acceptors (Lipinski definition) is 2. The van der Waals surface area contributed by atoms with E-state index in [1.807, 2.05) is 30.3 Å². The number of amides is 1. The average molecular weight is 342 g/mol. The number of nitrogens with one attached hydrogen (secondary N) is 2. The summed E-state index contributed by atoms with van der Waals surface area (Å²) in [4.78, 5) is 12.5. The van der Waals surface area contributed by atoms with E-state index in [0.717, 1.165) is 23.4 Å². The molecule has 0 radical (unpaired) electrons. The highest BCUT2D eigenvalue weighted by molar-refractivity contribution is 6.05. The summed E-state index contributed by atoms with van der Waals surface area (Å²) < 4.78 is 0. The lowest BCUT2D eigenvalue weighted by Gasteiger charge is -2.36. The first-order chi connectivity index (χ1) is 12.5. The van der Waals surface area contributed by atoms with E-state index in [0.29, 0.717) is 0 Å². The van der Waals surface area contributed by atoms with Gasteiger partial charge in [-0.3, -0.25) is 4.79 Å². The number of anilines is 1. The van der Waals surface area contributed by atoms with E-state index in [-0.39, 0.29) is 11.4 Å². The van der Waals surface area contributed by atoms with Gasteiger partial charge in [0.15, 0.2) is 0 Å². The molecule has 0 fully saturated rings. The summed E-state index contributed by atoms with van der Waals surface area (Å²) >= 11 is 0. The Morgan fingerprint density at radius 3 is 2.54 bits per heavy atom. The Labute approximate surface area is 153 Å². The highest BCUT2D eigenvalue weighted by Crippen LogP contribution is 2.34. The van der Waals surface area contributed by atoms with Crippen LogP contribution in [0.15, 0.2) is 72.8 Å². The van der Waals surface area contributed by atoms with Crippen molar-refractivity contribution < 1.29 is 4.79 Å². The lowest BCUT2D eigenvalue weighted by Crippen LogP contribution is -2.44. The summed E-state index contributed by atoms with van der Waals surface area (Å²) in [6, 6.07) is 22.2. The zero-order valence-corrected chi connectivity index (χ0v) is 15.0. The van der Waals surface area contributed by atoms with Gasteiger partial charge >= 0.3 is 0 Å². The monoisotopic (exact) mass is 342 g/mol. The molecule has 0 spiro atoms. The molecule has 3 aromatic rings. The van der Waals surface area contributed by atoms with Crippen LogP contribution in [0.4, 0.5) is 5.69 Å². The number of benzene rings is 3. The van der Waals surface area contributed by atoms with Crippen molar-refractivity contribution in [1.29, 1.82) is 0 Å². The van der Waals surface area contributed by atoms with Crippen molar-refractivity contribution in [3.05, 3.63) is 83.9 Å². The lowest BCUT2D eigenvalue weighted by molar-refractivity contribution is -0.111. The number of hydrogen-bond donors (Lipinski definition) is 2. The van der Waals surface area contributed by atoms with Crippen LogP contribution in [0.1, 0.15) is 25.0 Å². The number of carbonyl (C=O) groups excluding carboxylic acids is 1. The first-order valence-electron chi connectivity index (χ1n) is 8.89. The highest BCUT2D eigenvalue weighted by atomic mass is 16.1. The molecule has 1 amide bonds. The van der Waals surface area contributed by atoms with E-state index in [1.54, 1.807) is 6.08 Å². The fraction of sp³-hybridized carbons (Fsp3) is 0.174. The maximum absolute atomic E-state index is 12.5. The molecule has 3 heteroatoms. The topological polar surface area (TPSA) is 41.1 Å². The van der Waals surface area contributed by atoms with Crippen molar-refractivity contribution in [1.82, 2.24) is 5.32 Å². The maximum atomic E-state index is 12.5. The minimum absolute atomic E-state index is 0.115. The molecule has 2 N–H and O–H groups in total. The van der Waals surface area contributed by atoms with Gasteiger partial charge in [-0.25, -0.2) is 0 Å². The average Bonchev–Trinajstić information content (AvgIpc) is 2.61. The van der Waals surface area contributed by atoms with Crippen LogP contribution in [0, 0.1) is 0 Å². The first-order valence-corrected chi connectivity index (χ1v) is 8.89. The molecule has 1 aliphatic heterocycles. The second-order valence-corrected chi connectivity index (χ2v) is 7.41. The van der Waals surface area contributed by atoms with Crippen LogP contribution in [-0.2, 0) is 11.2 Å². The molecule has 26 heavy (non-hydrogen) atoms. The van der Waals surface area contributed by atoms with Crippen molar-refractivity contribution in [3.8, 4) is 0 Å². The van der Waals surface area contributed by atoms with Crippen LogP contribution in [0.2, 0.25) is 0 Å². The first kappa shape index (κ1) is 16.4.